The van der Waals surface area contributed by atoms with Crippen molar-refractivity contribution in [2.75, 3.05) is 12.4 Å². The van der Waals surface area contributed by atoms with Crippen LogP contribution in [0.15, 0.2) is 30.5 Å². The van der Waals surface area contributed by atoms with Gasteiger partial charge in [-0.15, -0.1) is 0 Å². The number of hydrogen-bond donors (Lipinski definition) is 2. The molecule has 1 fully saturated rings. The molecule has 1 aromatic carbocycles. The lowest BCUT2D eigenvalue weighted by Crippen LogP contribution is -2.37. The molecular weight excluding hydrogens is 407 g/mol. The van der Waals surface area contributed by atoms with Crippen molar-refractivity contribution in [3.63, 3.8) is 0 Å². The number of nitriles is 1. The molecular formula is C22H24F3N5O. The second kappa shape index (κ2) is 9.25. The number of aromatic nitrogens is 2. The van der Waals surface area contributed by atoms with Crippen molar-refractivity contribution in [2.45, 2.75) is 50.2 Å². The highest BCUT2D eigenvalue weighted by molar-refractivity contribution is 5.89. The van der Waals surface area contributed by atoms with E-state index in [2.05, 4.69) is 21.8 Å². The molecule has 2 N–H and O–H groups in total. The molecule has 1 aliphatic rings. The normalized spacial score (nSPS) is 16.1. The maximum absolute atomic E-state index is 12.8. The number of carbonyl (C=O) groups is 1. The molecule has 1 heterocycles. The molecule has 1 aromatic heterocycles. The van der Waals surface area contributed by atoms with Crippen LogP contribution in [0.5, 0.6) is 0 Å². The first-order chi connectivity index (χ1) is 14.8. The van der Waals surface area contributed by atoms with Crippen LogP contribution in [0.2, 0.25) is 0 Å². The third-order valence-corrected chi connectivity index (χ3v) is 5.60. The van der Waals surface area contributed by atoms with Crippen molar-refractivity contribution in [1.29, 1.82) is 5.26 Å². The van der Waals surface area contributed by atoms with Crippen LogP contribution in [0.25, 0.3) is 6.08 Å². The first-order valence-electron chi connectivity index (χ1n) is 10.1. The summed E-state index contributed by atoms with van der Waals surface area (Å²) in [7, 11) is 1.73. The summed E-state index contributed by atoms with van der Waals surface area (Å²) >= 11 is 0. The summed E-state index contributed by atoms with van der Waals surface area (Å²) in [6, 6.07) is 6.80. The highest BCUT2D eigenvalue weighted by Crippen LogP contribution is 2.40. The third kappa shape index (κ3) is 4.74. The Morgan fingerprint density at radius 1 is 1.23 bits per heavy atom. The highest BCUT2D eigenvalue weighted by atomic mass is 19.4. The molecule has 0 bridgehead atoms. The Bertz CT molecular complexity index is 980. The van der Waals surface area contributed by atoms with Gasteiger partial charge in [0.05, 0.1) is 34.8 Å². The zero-order valence-corrected chi connectivity index (χ0v) is 17.2. The Morgan fingerprint density at radius 2 is 1.90 bits per heavy atom. The number of anilines is 2. The van der Waals surface area contributed by atoms with Crippen molar-refractivity contribution in [2.24, 2.45) is 0 Å². The van der Waals surface area contributed by atoms with Gasteiger partial charge in [0.1, 0.15) is 0 Å². The Balaban J connectivity index is 2.06. The average Bonchev–Trinajstić information content (AvgIpc) is 3.10. The fourth-order valence-corrected chi connectivity index (χ4v) is 4.04. The summed E-state index contributed by atoms with van der Waals surface area (Å²) in [5, 5.41) is 20.0. The molecule has 6 nitrogen and oxygen atoms in total. The van der Waals surface area contributed by atoms with E-state index in [0.717, 1.165) is 44.2 Å². The fourth-order valence-electron chi connectivity index (χ4n) is 4.04. The Kier molecular flexibility index (Phi) is 6.68. The maximum Gasteiger partial charge on any atom is 0.416 e. The molecule has 1 aliphatic carbocycles. The van der Waals surface area contributed by atoms with Crippen LogP contribution in [-0.2, 0) is 11.7 Å². The minimum Gasteiger partial charge on any atom is -0.394 e. The average molecular weight is 431 g/mol. The Morgan fingerprint density at radius 3 is 2.45 bits per heavy atom. The van der Waals surface area contributed by atoms with Gasteiger partial charge in [0.2, 0.25) is 0 Å². The fraction of sp³-hybridized carbons (Fsp3) is 0.409. The lowest BCUT2D eigenvalue weighted by molar-refractivity contribution is -0.137. The Hall–Kier alpha value is -3.28. The number of nitrogens with zero attached hydrogens (tertiary/aromatic N) is 3. The zero-order chi connectivity index (χ0) is 22.5. The topological polar surface area (TPSA) is 82.7 Å². The number of halogens is 3. The van der Waals surface area contributed by atoms with Crippen molar-refractivity contribution in [1.82, 2.24) is 15.1 Å². The number of carbonyl (C=O) groups excluding carboxylic acids is 1. The van der Waals surface area contributed by atoms with E-state index in [1.54, 1.807) is 24.0 Å². The van der Waals surface area contributed by atoms with Crippen molar-refractivity contribution < 1.29 is 18.0 Å². The van der Waals surface area contributed by atoms with Crippen LogP contribution in [0.4, 0.5) is 24.7 Å². The molecule has 31 heavy (non-hydrogen) atoms. The molecule has 164 valence electrons. The summed E-state index contributed by atoms with van der Waals surface area (Å²) < 4.78 is 40.3. The molecule has 0 amide bonds. The molecule has 9 heteroatoms. The lowest BCUT2D eigenvalue weighted by atomic mass is 9.79. The van der Waals surface area contributed by atoms with Crippen molar-refractivity contribution in [3.8, 4) is 6.07 Å². The van der Waals surface area contributed by atoms with Gasteiger partial charge >= 0.3 is 6.18 Å². The molecule has 2 aromatic rings. The maximum atomic E-state index is 12.8. The van der Waals surface area contributed by atoms with Gasteiger partial charge in [-0.3, -0.25) is 9.48 Å². The highest BCUT2D eigenvalue weighted by Gasteiger charge is 2.37. The summed E-state index contributed by atoms with van der Waals surface area (Å²) in [6.07, 6.45) is 4.41. The van der Waals surface area contributed by atoms with Crippen LogP contribution >= 0.6 is 0 Å². The van der Waals surface area contributed by atoms with Gasteiger partial charge in [-0.05, 0) is 49.4 Å². The second-order valence-electron chi connectivity index (χ2n) is 7.62. The number of rotatable bonds is 7. The number of benzene rings is 1. The van der Waals surface area contributed by atoms with E-state index in [1.807, 2.05) is 0 Å². The van der Waals surface area contributed by atoms with Crippen LogP contribution in [0.1, 0.15) is 60.1 Å². The van der Waals surface area contributed by atoms with E-state index in [4.69, 9.17) is 0 Å². The summed E-state index contributed by atoms with van der Waals surface area (Å²) in [5.74, 6) is 0.244. The van der Waals surface area contributed by atoms with Gasteiger partial charge in [0, 0.05) is 12.7 Å². The molecule has 0 atom stereocenters. The Labute approximate surface area is 178 Å². The lowest BCUT2D eigenvalue weighted by Gasteiger charge is -2.36. The van der Waals surface area contributed by atoms with E-state index < -0.39 is 17.3 Å². The molecule has 3 rings (SSSR count). The van der Waals surface area contributed by atoms with Crippen LogP contribution < -0.4 is 10.6 Å². The van der Waals surface area contributed by atoms with Crippen LogP contribution in [-0.4, -0.2) is 23.1 Å². The predicted octanol–water partition coefficient (Wildman–Crippen LogP) is 5.22. The van der Waals surface area contributed by atoms with Crippen molar-refractivity contribution >= 4 is 23.9 Å². The third-order valence-electron chi connectivity index (χ3n) is 5.60. The van der Waals surface area contributed by atoms with Crippen LogP contribution in [0.3, 0.4) is 0 Å². The van der Waals surface area contributed by atoms with E-state index in [9.17, 15) is 23.2 Å². The largest absolute Gasteiger partial charge is 0.416 e. The summed E-state index contributed by atoms with van der Waals surface area (Å²) in [5.41, 5.74) is -0.0711. The number of hydrogen-bond acceptors (Lipinski definition) is 5. The predicted molar refractivity (Wildman–Crippen MR) is 112 cm³/mol. The van der Waals surface area contributed by atoms with E-state index in [-0.39, 0.29) is 17.8 Å². The molecule has 0 radical (unpaired) electrons. The van der Waals surface area contributed by atoms with Gasteiger partial charge < -0.3 is 10.6 Å². The summed E-state index contributed by atoms with van der Waals surface area (Å²) in [6.45, 7) is 0. The monoisotopic (exact) mass is 431 g/mol. The van der Waals surface area contributed by atoms with Gasteiger partial charge in [-0.1, -0.05) is 19.3 Å². The second-order valence-corrected chi connectivity index (χ2v) is 7.62. The van der Waals surface area contributed by atoms with Crippen LogP contribution in [0, 0.1) is 11.3 Å². The number of nitrogens with one attached hydrogen (secondary N) is 2. The standard InChI is InChI=1S/C22H24F3N5O/c1-27-14-9-19-18(15-31)20(28-17-7-5-16(6-8-17)22(23,24)25)29-30(19)21(12-13-26)10-3-2-4-11-21/h5-9,14-15,27H,2-4,10-12H2,1H3,(H,28,29)/b14-9-. The minimum absolute atomic E-state index is 0.244. The number of aldehydes is 1. The van der Waals surface area contributed by atoms with Crippen molar-refractivity contribution in [3.05, 3.63) is 47.3 Å². The van der Waals surface area contributed by atoms with Gasteiger partial charge in [0.15, 0.2) is 12.1 Å². The first-order valence-corrected chi connectivity index (χ1v) is 10.1. The smallest absolute Gasteiger partial charge is 0.394 e. The van der Waals surface area contributed by atoms with Gasteiger partial charge in [-0.2, -0.15) is 23.5 Å². The number of alkyl halides is 3. The molecule has 0 aliphatic heterocycles. The minimum atomic E-state index is -4.43. The summed E-state index contributed by atoms with van der Waals surface area (Å²) in [4.78, 5) is 12.0. The molecule has 0 unspecified atom stereocenters. The van der Waals surface area contributed by atoms with E-state index >= 15 is 0 Å². The van der Waals surface area contributed by atoms with E-state index in [1.165, 1.54) is 12.1 Å². The molecule has 1 saturated carbocycles. The van der Waals surface area contributed by atoms with E-state index in [0.29, 0.717) is 17.7 Å². The van der Waals surface area contributed by atoms with Gasteiger partial charge in [-0.25, -0.2) is 0 Å². The first kappa shape index (κ1) is 22.4. The van der Waals surface area contributed by atoms with Gasteiger partial charge in [0.25, 0.3) is 0 Å². The zero-order valence-electron chi connectivity index (χ0n) is 17.2. The SMILES string of the molecule is CN/C=C\c1c(C=O)c(Nc2ccc(C(F)(F)F)cc2)nn1C1(CC#N)CCCCC1. The molecule has 0 spiro atoms. The molecule has 0 saturated heterocycles. The quantitative estimate of drug-likeness (QED) is 0.587.